The molecule has 1 rings (SSSR count). The van der Waals surface area contributed by atoms with Crippen LogP contribution in [0.25, 0.3) is 0 Å². The van der Waals surface area contributed by atoms with Gasteiger partial charge in [-0.25, -0.2) is 9.18 Å². The molecule has 0 aromatic heterocycles. The van der Waals surface area contributed by atoms with Crippen LogP contribution in [0.3, 0.4) is 0 Å². The summed E-state index contributed by atoms with van der Waals surface area (Å²) < 4.78 is 18.7. The van der Waals surface area contributed by atoms with Crippen LogP contribution < -0.4 is 5.32 Å². The van der Waals surface area contributed by atoms with E-state index in [1.165, 1.54) is 6.07 Å². The highest BCUT2D eigenvalue weighted by molar-refractivity contribution is 9.10. The zero-order valence-corrected chi connectivity index (χ0v) is 12.9. The Labute approximate surface area is 125 Å². The first-order valence-corrected chi connectivity index (χ1v) is 6.14. The number of carbonyl (C=O) groups is 2. The number of hydrogen-bond acceptors (Lipinski definition) is 3. The second kappa shape index (κ2) is 8.12. The molecule has 0 aliphatic carbocycles. The van der Waals surface area contributed by atoms with Crippen LogP contribution in [0.1, 0.15) is 18.1 Å². The van der Waals surface area contributed by atoms with Gasteiger partial charge < -0.3 is 4.74 Å². The Balaban J connectivity index is 0.00000324. The zero-order chi connectivity index (χ0) is 13.7. The van der Waals surface area contributed by atoms with E-state index in [-0.39, 0.29) is 31.0 Å². The largest absolute Gasteiger partial charge is 0.450 e. The monoisotopic (exact) mass is 353 g/mol. The van der Waals surface area contributed by atoms with Gasteiger partial charge in [-0.2, -0.15) is 0 Å². The third-order valence-electron chi connectivity index (χ3n) is 2.20. The van der Waals surface area contributed by atoms with Gasteiger partial charge >= 0.3 is 6.09 Å². The van der Waals surface area contributed by atoms with Crippen LogP contribution in [-0.4, -0.2) is 18.6 Å². The lowest BCUT2D eigenvalue weighted by Gasteiger charge is -2.07. The van der Waals surface area contributed by atoms with Gasteiger partial charge in [0.15, 0.2) is 0 Å². The van der Waals surface area contributed by atoms with E-state index in [1.54, 1.807) is 19.9 Å². The molecule has 106 valence electrons. The molecule has 0 aliphatic heterocycles. The van der Waals surface area contributed by atoms with Crippen molar-refractivity contribution in [1.29, 1.82) is 0 Å². The number of hydrogen-bond donors (Lipinski definition) is 1. The minimum Gasteiger partial charge on any atom is -0.450 e. The van der Waals surface area contributed by atoms with Gasteiger partial charge in [-0.3, -0.25) is 10.1 Å². The molecule has 0 bridgehead atoms. The SMILES string of the molecule is CCOC(=O)NC(=O)Cc1cc(C)c(Br)cc1F.Cl. The first kappa shape index (κ1) is 17.9. The maximum absolute atomic E-state index is 13.6. The topological polar surface area (TPSA) is 55.4 Å². The van der Waals surface area contributed by atoms with Crippen LogP contribution in [0.5, 0.6) is 0 Å². The van der Waals surface area contributed by atoms with Crippen molar-refractivity contribution >= 4 is 40.3 Å². The fourth-order valence-corrected chi connectivity index (χ4v) is 1.67. The number of amides is 2. The zero-order valence-electron chi connectivity index (χ0n) is 10.5. The van der Waals surface area contributed by atoms with Crippen molar-refractivity contribution in [3.8, 4) is 0 Å². The van der Waals surface area contributed by atoms with Crippen molar-refractivity contribution in [3.63, 3.8) is 0 Å². The van der Waals surface area contributed by atoms with Gasteiger partial charge in [0, 0.05) is 4.47 Å². The average molecular weight is 355 g/mol. The molecule has 0 saturated carbocycles. The summed E-state index contributed by atoms with van der Waals surface area (Å²) >= 11 is 3.19. The Kier molecular flexibility index (Phi) is 7.63. The van der Waals surface area contributed by atoms with Crippen LogP contribution in [0.2, 0.25) is 0 Å². The van der Waals surface area contributed by atoms with E-state index in [1.807, 2.05) is 5.32 Å². The van der Waals surface area contributed by atoms with Crippen molar-refractivity contribution in [2.45, 2.75) is 20.3 Å². The van der Waals surface area contributed by atoms with Crippen LogP contribution in [0, 0.1) is 12.7 Å². The number of halogens is 3. The molecule has 0 radical (unpaired) electrons. The second-order valence-electron chi connectivity index (χ2n) is 3.64. The summed E-state index contributed by atoms with van der Waals surface area (Å²) in [5, 5.41) is 2.01. The number of ether oxygens (including phenoxy) is 1. The lowest BCUT2D eigenvalue weighted by Crippen LogP contribution is -2.32. The van der Waals surface area contributed by atoms with E-state index in [4.69, 9.17) is 0 Å². The van der Waals surface area contributed by atoms with Crippen molar-refractivity contribution < 1.29 is 18.7 Å². The molecule has 7 heteroatoms. The molecular weight excluding hydrogens is 340 g/mol. The lowest BCUT2D eigenvalue weighted by molar-refractivity contribution is -0.119. The Hall–Kier alpha value is -1.14. The van der Waals surface area contributed by atoms with Gasteiger partial charge in [0.25, 0.3) is 0 Å². The van der Waals surface area contributed by atoms with Gasteiger partial charge in [0.1, 0.15) is 5.82 Å². The second-order valence-corrected chi connectivity index (χ2v) is 4.49. The Morgan fingerprint density at radius 1 is 1.42 bits per heavy atom. The maximum Gasteiger partial charge on any atom is 0.413 e. The third kappa shape index (κ3) is 5.57. The molecule has 1 N–H and O–H groups in total. The predicted octanol–water partition coefficient (Wildman–Crippen LogP) is 3.13. The standard InChI is InChI=1S/C12H13BrFNO3.ClH/c1-3-18-12(17)15-11(16)5-8-4-7(2)9(13)6-10(8)14;/h4,6H,3,5H2,1-2H3,(H,15,16,17);1H. The summed E-state index contributed by atoms with van der Waals surface area (Å²) in [6.07, 6.45) is -1.03. The minimum atomic E-state index is -0.822. The first-order valence-electron chi connectivity index (χ1n) is 5.35. The highest BCUT2D eigenvalue weighted by Crippen LogP contribution is 2.20. The summed E-state index contributed by atoms with van der Waals surface area (Å²) in [5.74, 6) is -1.10. The number of aryl methyl sites for hydroxylation is 1. The highest BCUT2D eigenvalue weighted by Gasteiger charge is 2.13. The Morgan fingerprint density at radius 2 is 2.05 bits per heavy atom. The number of benzene rings is 1. The van der Waals surface area contributed by atoms with Gasteiger partial charge in [0.05, 0.1) is 13.0 Å². The van der Waals surface area contributed by atoms with Crippen molar-refractivity contribution in [2.24, 2.45) is 0 Å². The van der Waals surface area contributed by atoms with Crippen molar-refractivity contribution in [3.05, 3.63) is 33.5 Å². The molecule has 4 nitrogen and oxygen atoms in total. The number of nitrogens with one attached hydrogen (secondary N) is 1. The van der Waals surface area contributed by atoms with Crippen LogP contribution in [0.15, 0.2) is 16.6 Å². The Morgan fingerprint density at radius 3 is 2.63 bits per heavy atom. The third-order valence-corrected chi connectivity index (χ3v) is 3.05. The number of rotatable bonds is 3. The summed E-state index contributed by atoms with van der Waals surface area (Å²) in [7, 11) is 0. The van der Waals surface area contributed by atoms with Crippen molar-refractivity contribution in [2.75, 3.05) is 6.61 Å². The number of imide groups is 1. The molecular formula is C12H14BrClFNO3. The first-order chi connectivity index (χ1) is 8.43. The summed E-state index contributed by atoms with van der Waals surface area (Å²) in [6, 6.07) is 2.85. The molecule has 19 heavy (non-hydrogen) atoms. The predicted molar refractivity (Wildman–Crippen MR) is 75.0 cm³/mol. The molecule has 0 spiro atoms. The van der Waals surface area contributed by atoms with Gasteiger partial charge in [-0.15, -0.1) is 12.4 Å². The number of alkyl carbamates (subject to hydrolysis) is 1. The Bertz CT molecular complexity index is 482. The fraction of sp³-hybridized carbons (Fsp3) is 0.333. The lowest BCUT2D eigenvalue weighted by atomic mass is 10.1. The summed E-state index contributed by atoms with van der Waals surface area (Å²) in [6.45, 7) is 3.59. The molecule has 0 fully saturated rings. The van der Waals surface area contributed by atoms with E-state index >= 15 is 0 Å². The van der Waals surface area contributed by atoms with Crippen LogP contribution in [-0.2, 0) is 16.0 Å². The number of carbonyl (C=O) groups excluding carboxylic acids is 2. The van der Waals surface area contributed by atoms with Crippen LogP contribution >= 0.6 is 28.3 Å². The van der Waals surface area contributed by atoms with Gasteiger partial charge in [-0.1, -0.05) is 22.0 Å². The van der Waals surface area contributed by atoms with E-state index < -0.39 is 17.8 Å². The van der Waals surface area contributed by atoms with E-state index in [0.717, 1.165) is 5.56 Å². The highest BCUT2D eigenvalue weighted by atomic mass is 79.9. The van der Waals surface area contributed by atoms with Gasteiger partial charge in [-0.05, 0) is 31.0 Å². The average Bonchev–Trinajstić information content (AvgIpc) is 2.26. The molecule has 1 aromatic rings. The molecule has 0 saturated heterocycles. The molecule has 2 amide bonds. The van der Waals surface area contributed by atoms with E-state index in [0.29, 0.717) is 4.47 Å². The molecule has 0 unspecified atom stereocenters. The van der Waals surface area contributed by atoms with Crippen molar-refractivity contribution in [1.82, 2.24) is 5.32 Å². The van der Waals surface area contributed by atoms with E-state index in [2.05, 4.69) is 20.7 Å². The molecule has 0 aliphatic rings. The van der Waals surface area contributed by atoms with E-state index in [9.17, 15) is 14.0 Å². The van der Waals surface area contributed by atoms with Crippen LogP contribution in [0.4, 0.5) is 9.18 Å². The molecule has 0 atom stereocenters. The van der Waals surface area contributed by atoms with Gasteiger partial charge in [0.2, 0.25) is 5.91 Å². The quantitative estimate of drug-likeness (QED) is 0.907. The maximum atomic E-state index is 13.6. The molecule has 0 heterocycles. The minimum absolute atomic E-state index is 0. The molecule has 1 aromatic carbocycles. The summed E-state index contributed by atoms with van der Waals surface area (Å²) in [5.41, 5.74) is 1.05. The normalized spacial score (nSPS) is 9.47. The summed E-state index contributed by atoms with van der Waals surface area (Å²) in [4.78, 5) is 22.5. The smallest absolute Gasteiger partial charge is 0.413 e. The fourth-order valence-electron chi connectivity index (χ4n) is 1.35.